The third-order valence-corrected chi connectivity index (χ3v) is 3.46. The van der Waals surface area contributed by atoms with E-state index in [-0.39, 0.29) is 24.6 Å². The van der Waals surface area contributed by atoms with Gasteiger partial charge in [0.25, 0.3) is 5.95 Å². The van der Waals surface area contributed by atoms with Crippen LogP contribution in [0.3, 0.4) is 0 Å². The second-order valence-electron chi connectivity index (χ2n) is 5.55. The summed E-state index contributed by atoms with van der Waals surface area (Å²) in [5, 5.41) is 17.5. The summed E-state index contributed by atoms with van der Waals surface area (Å²) >= 11 is 0. The van der Waals surface area contributed by atoms with Crippen molar-refractivity contribution >= 4 is 18.0 Å². The highest BCUT2D eigenvalue weighted by Crippen LogP contribution is 2.20. The van der Waals surface area contributed by atoms with Crippen molar-refractivity contribution in [3.8, 4) is 11.5 Å². The molecule has 0 heterocycles. The Kier molecular flexibility index (Phi) is 8.25. The van der Waals surface area contributed by atoms with E-state index in [0.29, 0.717) is 5.75 Å². The molecule has 0 saturated heterocycles. The molecule has 0 spiro atoms. The lowest BCUT2D eigenvalue weighted by atomic mass is 10.2. The minimum absolute atomic E-state index is 0.107. The van der Waals surface area contributed by atoms with E-state index in [1.54, 1.807) is 38.1 Å². The van der Waals surface area contributed by atoms with Gasteiger partial charge in [-0.1, -0.05) is 18.2 Å². The predicted octanol–water partition coefficient (Wildman–Crippen LogP) is 3.54. The largest absolute Gasteiger partial charge is 0.480 e. The second kappa shape index (κ2) is 11.1. The molecule has 0 saturated carbocycles. The molecule has 0 radical (unpaired) electrons. The zero-order chi connectivity index (χ0) is 21.1. The Hall–Kier alpha value is -3.81. The lowest BCUT2D eigenvalue weighted by Crippen LogP contribution is -2.25. The van der Waals surface area contributed by atoms with Gasteiger partial charge in [-0.3, -0.25) is 0 Å². The topological polar surface area (TPSA) is 116 Å². The van der Waals surface area contributed by atoms with Crippen LogP contribution in [0.1, 0.15) is 19.4 Å². The summed E-state index contributed by atoms with van der Waals surface area (Å²) in [5.41, 5.74) is 6.13. The molecular weight excluding hydrogens is 374 g/mol. The number of carbonyl (C=O) groups is 1. The van der Waals surface area contributed by atoms with Crippen LogP contribution in [0.25, 0.3) is 0 Å². The first-order chi connectivity index (χ1) is 14.0. The van der Waals surface area contributed by atoms with Gasteiger partial charge in [0.2, 0.25) is 0 Å². The number of carbonyl (C=O) groups excluding carboxylic acids is 1. The molecule has 2 aromatic carbocycles. The van der Waals surface area contributed by atoms with Crippen molar-refractivity contribution in [2.24, 2.45) is 15.9 Å². The maximum absolute atomic E-state index is 12.0. The number of benzene rings is 2. The zero-order valence-electron chi connectivity index (χ0n) is 16.2. The Balaban J connectivity index is 2.10. The molecule has 0 bridgehead atoms. The molecule has 0 unspecified atom stereocenters. The number of nitrogens with two attached hydrogens (primary N) is 1. The maximum atomic E-state index is 12.0. The fourth-order valence-electron chi connectivity index (χ4n) is 2.17. The average molecular weight is 397 g/mol. The van der Waals surface area contributed by atoms with Crippen molar-refractivity contribution < 1.29 is 24.1 Å². The van der Waals surface area contributed by atoms with Crippen molar-refractivity contribution in [3.63, 3.8) is 0 Å². The van der Waals surface area contributed by atoms with Gasteiger partial charge in [0.1, 0.15) is 11.5 Å². The summed E-state index contributed by atoms with van der Waals surface area (Å²) in [4.78, 5) is 12.0. The van der Waals surface area contributed by atoms with Crippen LogP contribution in [-0.4, -0.2) is 36.3 Å². The first-order valence-electron chi connectivity index (χ1n) is 8.98. The Morgan fingerprint density at radius 2 is 1.62 bits per heavy atom. The molecule has 3 N–H and O–H groups in total. The van der Waals surface area contributed by atoms with E-state index in [0.717, 1.165) is 11.3 Å². The molecule has 0 aromatic heterocycles. The van der Waals surface area contributed by atoms with Crippen molar-refractivity contribution in [2.45, 2.75) is 13.8 Å². The molecule has 29 heavy (non-hydrogen) atoms. The summed E-state index contributed by atoms with van der Waals surface area (Å²) < 4.78 is 15.5. The Morgan fingerprint density at radius 1 is 1.00 bits per heavy atom. The lowest BCUT2D eigenvalue weighted by Gasteiger charge is -2.08. The zero-order valence-corrected chi connectivity index (χ0v) is 16.2. The van der Waals surface area contributed by atoms with Gasteiger partial charge in [-0.25, -0.2) is 4.79 Å². The van der Waals surface area contributed by atoms with Crippen molar-refractivity contribution in [3.05, 3.63) is 71.7 Å². The van der Waals surface area contributed by atoms with E-state index in [4.69, 9.17) is 19.9 Å². The van der Waals surface area contributed by atoms with Crippen molar-refractivity contribution in [1.82, 2.24) is 0 Å². The fourth-order valence-corrected chi connectivity index (χ4v) is 2.17. The Bertz CT molecular complexity index is 890. The molecule has 0 fully saturated rings. The van der Waals surface area contributed by atoms with Crippen LogP contribution in [0.2, 0.25) is 0 Å². The van der Waals surface area contributed by atoms with Crippen LogP contribution in [0.15, 0.2) is 76.3 Å². The van der Waals surface area contributed by atoms with E-state index in [2.05, 4.69) is 10.2 Å². The number of para-hydroxylation sites is 1. The molecule has 0 amide bonds. The van der Waals surface area contributed by atoms with Crippen LogP contribution < -0.4 is 10.5 Å². The molecular formula is C21H23N3O5. The van der Waals surface area contributed by atoms with Gasteiger partial charge < -0.3 is 25.1 Å². The van der Waals surface area contributed by atoms with Gasteiger partial charge >= 0.3 is 5.97 Å². The maximum Gasteiger partial charge on any atom is 0.349 e. The highest BCUT2D eigenvalue weighted by molar-refractivity contribution is 6.18. The first-order valence-corrected chi connectivity index (χ1v) is 8.98. The van der Waals surface area contributed by atoms with Crippen molar-refractivity contribution in [2.75, 3.05) is 13.2 Å². The van der Waals surface area contributed by atoms with Crippen LogP contribution in [-0.2, 0) is 14.3 Å². The number of amidine groups is 1. The normalized spacial score (nSPS) is 12.4. The summed E-state index contributed by atoms with van der Waals surface area (Å²) in [6.45, 7) is 3.53. The van der Waals surface area contributed by atoms with E-state index in [9.17, 15) is 9.90 Å². The van der Waals surface area contributed by atoms with Gasteiger partial charge in [-0.05, 0) is 55.8 Å². The molecule has 152 valence electrons. The molecule has 8 heteroatoms. The van der Waals surface area contributed by atoms with E-state index in [1.807, 2.05) is 30.3 Å². The van der Waals surface area contributed by atoms with Gasteiger partial charge in [0, 0.05) is 0 Å². The molecule has 0 aliphatic heterocycles. The molecule has 0 aliphatic carbocycles. The quantitative estimate of drug-likeness (QED) is 0.167. The van der Waals surface area contributed by atoms with Gasteiger partial charge in [0.05, 0.1) is 19.4 Å². The monoisotopic (exact) mass is 397 g/mol. The molecule has 2 aromatic rings. The first kappa shape index (κ1) is 21.5. The molecule has 2 rings (SSSR count). The highest BCUT2D eigenvalue weighted by Gasteiger charge is 2.22. The summed E-state index contributed by atoms with van der Waals surface area (Å²) in [6.07, 6.45) is 1.44. The molecule has 0 aliphatic rings. The highest BCUT2D eigenvalue weighted by atomic mass is 16.6. The Labute approximate surface area is 168 Å². The number of hydrogen-bond acceptors (Lipinski definition) is 7. The predicted molar refractivity (Wildman–Crippen MR) is 110 cm³/mol. The van der Waals surface area contributed by atoms with Crippen LogP contribution in [0, 0.1) is 0 Å². The van der Waals surface area contributed by atoms with Gasteiger partial charge in [0.15, 0.2) is 11.4 Å². The lowest BCUT2D eigenvalue weighted by molar-refractivity contribution is -0.138. The Morgan fingerprint density at radius 3 is 2.24 bits per heavy atom. The number of esters is 1. The number of rotatable bonds is 9. The number of nitrogens with zero attached hydrogens (tertiary/aromatic N) is 2. The fraction of sp³-hybridized carbons (Fsp3) is 0.190. The third kappa shape index (κ3) is 6.69. The third-order valence-electron chi connectivity index (χ3n) is 3.46. The van der Waals surface area contributed by atoms with Gasteiger partial charge in [-0.15, -0.1) is 5.10 Å². The van der Waals surface area contributed by atoms with E-state index in [1.165, 1.54) is 6.21 Å². The molecule has 0 atom stereocenters. The van der Waals surface area contributed by atoms with Crippen LogP contribution >= 0.6 is 0 Å². The van der Waals surface area contributed by atoms with Crippen LogP contribution in [0.5, 0.6) is 11.5 Å². The SMILES string of the molecule is CCOC(=O)C(C(N)=NN=Cc1ccc(Oc2ccccc2)cc1)=C(O)OCC. The summed E-state index contributed by atoms with van der Waals surface area (Å²) in [6, 6.07) is 16.6. The number of ether oxygens (including phenoxy) is 3. The minimum Gasteiger partial charge on any atom is -0.480 e. The number of hydrogen-bond donors (Lipinski definition) is 2. The number of aliphatic hydroxyl groups is 1. The standard InChI is InChI=1S/C21H23N3O5/c1-3-27-20(25)18(21(26)28-4-2)19(22)24-23-14-15-10-12-17(13-11-15)29-16-8-6-5-7-9-16/h5-14,25H,3-4H2,1-2H3,(H2,22,24). The molecule has 8 nitrogen and oxygen atoms in total. The smallest absolute Gasteiger partial charge is 0.349 e. The van der Waals surface area contributed by atoms with Crippen LogP contribution in [0.4, 0.5) is 0 Å². The second-order valence-corrected chi connectivity index (χ2v) is 5.55. The van der Waals surface area contributed by atoms with E-state index >= 15 is 0 Å². The van der Waals surface area contributed by atoms with Gasteiger partial charge in [-0.2, -0.15) is 5.10 Å². The number of aliphatic hydroxyl groups excluding tert-OH is 1. The summed E-state index contributed by atoms with van der Waals surface area (Å²) in [5.74, 6) is -0.430. The summed E-state index contributed by atoms with van der Waals surface area (Å²) in [7, 11) is 0. The van der Waals surface area contributed by atoms with Crippen molar-refractivity contribution in [1.29, 1.82) is 0 Å². The minimum atomic E-state index is -0.850. The van der Waals surface area contributed by atoms with E-state index < -0.39 is 11.9 Å². The average Bonchev–Trinajstić information content (AvgIpc) is 2.71.